The zero-order chi connectivity index (χ0) is 19.2. The largest absolute Gasteiger partial charge is 0.384 e. The van der Waals surface area contributed by atoms with Gasteiger partial charge in [0.2, 0.25) is 5.95 Å². The second-order valence-electron chi connectivity index (χ2n) is 7.74. The zero-order valence-electron chi connectivity index (χ0n) is 15.7. The van der Waals surface area contributed by atoms with Crippen LogP contribution in [0.1, 0.15) is 32.0 Å². The van der Waals surface area contributed by atoms with E-state index in [1.54, 1.807) is 11.8 Å². The molecule has 1 fully saturated rings. The second kappa shape index (κ2) is 6.56. The van der Waals surface area contributed by atoms with Gasteiger partial charge < -0.3 is 10.0 Å². The number of rotatable bonds is 3. The number of thioether (sulfide) groups is 1. The number of hydrogen-bond donors (Lipinski definition) is 1. The van der Waals surface area contributed by atoms with Gasteiger partial charge in [-0.1, -0.05) is 30.3 Å². The van der Waals surface area contributed by atoms with Crippen LogP contribution in [0, 0.1) is 11.7 Å². The molecule has 0 saturated carbocycles. The minimum atomic E-state index is -1.37. The second-order valence-corrected chi connectivity index (χ2v) is 8.95. The Morgan fingerprint density at radius 3 is 2.74 bits per heavy atom. The summed E-state index contributed by atoms with van der Waals surface area (Å²) in [5, 5.41) is 11.3. The summed E-state index contributed by atoms with van der Waals surface area (Å²) in [4.78, 5) is 15.7. The van der Waals surface area contributed by atoms with Crippen LogP contribution < -0.4 is 4.90 Å². The molecule has 1 aromatic carbocycles. The van der Waals surface area contributed by atoms with Crippen LogP contribution in [-0.4, -0.2) is 39.0 Å². The van der Waals surface area contributed by atoms with Crippen LogP contribution in [0.2, 0.25) is 0 Å². The summed E-state index contributed by atoms with van der Waals surface area (Å²) < 4.78 is 14.1. The van der Waals surface area contributed by atoms with Gasteiger partial charge in [0.1, 0.15) is 16.8 Å². The molecule has 142 valence electrons. The van der Waals surface area contributed by atoms with Crippen LogP contribution in [0.5, 0.6) is 0 Å². The smallest absolute Gasteiger partial charge is 0.225 e. The Morgan fingerprint density at radius 2 is 2.04 bits per heavy atom. The van der Waals surface area contributed by atoms with E-state index in [0.29, 0.717) is 18.4 Å². The van der Waals surface area contributed by atoms with Crippen molar-refractivity contribution in [2.75, 3.05) is 23.7 Å². The molecule has 2 atom stereocenters. The fourth-order valence-electron chi connectivity index (χ4n) is 3.96. The van der Waals surface area contributed by atoms with E-state index in [9.17, 15) is 9.50 Å². The maximum absolute atomic E-state index is 14.1. The van der Waals surface area contributed by atoms with Crippen molar-refractivity contribution in [2.45, 2.75) is 31.9 Å². The number of nitrogens with zero attached hydrogens (tertiary/aromatic N) is 4. The molecule has 2 aliphatic heterocycles. The number of aromatic nitrogens is 2. The SMILES string of the molecule is CC1=NC2(c3ccccc3)CN(c3ncc(F)c(C(C)(C)O)n3)CC2CS1. The van der Waals surface area contributed by atoms with E-state index in [4.69, 9.17) is 4.99 Å². The van der Waals surface area contributed by atoms with Crippen molar-refractivity contribution in [1.82, 2.24) is 9.97 Å². The van der Waals surface area contributed by atoms with E-state index >= 15 is 0 Å². The quantitative estimate of drug-likeness (QED) is 0.877. The van der Waals surface area contributed by atoms with Crippen molar-refractivity contribution in [3.05, 3.63) is 53.6 Å². The van der Waals surface area contributed by atoms with Crippen LogP contribution >= 0.6 is 11.8 Å². The number of aliphatic hydroxyl groups is 1. The first-order chi connectivity index (χ1) is 12.8. The molecule has 1 aromatic heterocycles. The van der Waals surface area contributed by atoms with E-state index in [0.717, 1.165) is 23.5 Å². The molecule has 3 heterocycles. The maximum Gasteiger partial charge on any atom is 0.225 e. The summed E-state index contributed by atoms with van der Waals surface area (Å²) in [6.07, 6.45) is 1.15. The third-order valence-corrected chi connectivity index (χ3v) is 6.34. The third-order valence-electron chi connectivity index (χ3n) is 5.27. The molecule has 2 unspecified atom stereocenters. The normalized spacial score (nSPS) is 25.3. The highest BCUT2D eigenvalue weighted by Crippen LogP contribution is 2.46. The summed E-state index contributed by atoms with van der Waals surface area (Å²) in [5.74, 6) is 1.13. The van der Waals surface area contributed by atoms with Crippen molar-refractivity contribution < 1.29 is 9.50 Å². The van der Waals surface area contributed by atoms with Crippen molar-refractivity contribution in [1.29, 1.82) is 0 Å². The van der Waals surface area contributed by atoms with E-state index in [2.05, 4.69) is 33.9 Å². The predicted molar refractivity (Wildman–Crippen MR) is 107 cm³/mol. The monoisotopic (exact) mass is 386 g/mol. The molecular weight excluding hydrogens is 363 g/mol. The van der Waals surface area contributed by atoms with Gasteiger partial charge in [-0.2, -0.15) is 0 Å². The number of anilines is 1. The summed E-state index contributed by atoms with van der Waals surface area (Å²) in [7, 11) is 0. The van der Waals surface area contributed by atoms with Gasteiger partial charge in [0.25, 0.3) is 0 Å². The highest BCUT2D eigenvalue weighted by atomic mass is 32.2. The molecule has 1 N–H and O–H groups in total. The molecule has 27 heavy (non-hydrogen) atoms. The van der Waals surface area contributed by atoms with Gasteiger partial charge >= 0.3 is 0 Å². The summed E-state index contributed by atoms with van der Waals surface area (Å²) in [5.41, 5.74) is -0.508. The first kappa shape index (κ1) is 18.4. The van der Waals surface area contributed by atoms with Crippen LogP contribution in [0.3, 0.4) is 0 Å². The number of aliphatic imine (C=N–C) groups is 1. The zero-order valence-corrected chi connectivity index (χ0v) is 16.5. The highest BCUT2D eigenvalue weighted by molar-refractivity contribution is 8.13. The Bertz CT molecular complexity index is 883. The lowest BCUT2D eigenvalue weighted by Gasteiger charge is -2.35. The lowest BCUT2D eigenvalue weighted by molar-refractivity contribution is 0.0693. The van der Waals surface area contributed by atoms with Crippen molar-refractivity contribution >= 4 is 22.8 Å². The summed E-state index contributed by atoms with van der Waals surface area (Å²) >= 11 is 1.78. The van der Waals surface area contributed by atoms with Gasteiger partial charge in [-0.25, -0.2) is 14.4 Å². The number of fused-ring (bicyclic) bond motifs is 1. The average Bonchev–Trinajstić information content (AvgIpc) is 3.02. The van der Waals surface area contributed by atoms with Crippen LogP contribution in [-0.2, 0) is 11.1 Å². The van der Waals surface area contributed by atoms with Gasteiger partial charge in [-0.3, -0.25) is 4.99 Å². The van der Waals surface area contributed by atoms with E-state index < -0.39 is 11.4 Å². The Morgan fingerprint density at radius 1 is 1.30 bits per heavy atom. The summed E-state index contributed by atoms with van der Waals surface area (Å²) in [6, 6.07) is 10.3. The Hall–Kier alpha value is -1.99. The molecule has 2 aromatic rings. The molecule has 0 aliphatic carbocycles. The predicted octanol–water partition coefficient (Wildman–Crippen LogP) is 3.34. The van der Waals surface area contributed by atoms with Gasteiger partial charge in [0, 0.05) is 18.2 Å². The first-order valence-corrected chi connectivity index (χ1v) is 10.0. The molecule has 0 radical (unpaired) electrons. The lowest BCUT2D eigenvalue weighted by atomic mass is 9.82. The van der Waals surface area contributed by atoms with E-state index in [1.807, 2.05) is 18.2 Å². The van der Waals surface area contributed by atoms with Crippen LogP contribution in [0.15, 0.2) is 41.5 Å². The first-order valence-electron chi connectivity index (χ1n) is 9.05. The minimum absolute atomic E-state index is 0.0187. The van der Waals surface area contributed by atoms with Crippen LogP contribution in [0.25, 0.3) is 0 Å². The van der Waals surface area contributed by atoms with Crippen LogP contribution in [0.4, 0.5) is 10.3 Å². The molecule has 5 nitrogen and oxygen atoms in total. The molecule has 4 rings (SSSR count). The summed E-state index contributed by atoms with van der Waals surface area (Å²) in [6.45, 7) is 6.49. The topological polar surface area (TPSA) is 61.6 Å². The fraction of sp³-hybridized carbons (Fsp3) is 0.450. The third kappa shape index (κ3) is 3.23. The van der Waals surface area contributed by atoms with E-state index in [1.165, 1.54) is 19.4 Å². The molecule has 0 bridgehead atoms. The Kier molecular flexibility index (Phi) is 4.47. The van der Waals surface area contributed by atoms with Crippen molar-refractivity contribution in [2.24, 2.45) is 10.9 Å². The van der Waals surface area contributed by atoms with Gasteiger partial charge in [-0.05, 0) is 26.3 Å². The average molecular weight is 386 g/mol. The Labute approximate surface area is 162 Å². The molecule has 0 spiro atoms. The van der Waals surface area contributed by atoms with Gasteiger partial charge in [0.15, 0.2) is 5.82 Å². The van der Waals surface area contributed by atoms with Gasteiger partial charge in [-0.15, -0.1) is 11.8 Å². The van der Waals surface area contributed by atoms with Crippen molar-refractivity contribution in [3.63, 3.8) is 0 Å². The maximum atomic E-state index is 14.1. The standard InChI is InChI=1S/C20H23FN4OS/c1-13-24-20(14-7-5-4-6-8-14)12-25(10-15(20)11-27-13)18-22-9-16(21)17(23-18)19(2,3)26/h4-9,15,26H,10-12H2,1-3H3. The molecule has 7 heteroatoms. The highest BCUT2D eigenvalue weighted by Gasteiger charge is 2.50. The molecule has 1 saturated heterocycles. The minimum Gasteiger partial charge on any atom is -0.384 e. The molecule has 2 aliphatic rings. The number of benzene rings is 1. The number of hydrogen-bond acceptors (Lipinski definition) is 6. The lowest BCUT2D eigenvalue weighted by Crippen LogP contribution is -2.38. The Balaban J connectivity index is 1.75. The molecule has 0 amide bonds. The number of halogens is 1. The van der Waals surface area contributed by atoms with Crippen molar-refractivity contribution in [3.8, 4) is 0 Å². The molecular formula is C20H23FN4OS. The fourth-order valence-corrected chi connectivity index (χ4v) is 5.01. The van der Waals surface area contributed by atoms with Gasteiger partial charge in [0.05, 0.1) is 17.8 Å². The van der Waals surface area contributed by atoms with E-state index in [-0.39, 0.29) is 11.2 Å².